The van der Waals surface area contributed by atoms with Gasteiger partial charge in [0.15, 0.2) is 0 Å². The van der Waals surface area contributed by atoms with E-state index < -0.39 is 21.9 Å². The van der Waals surface area contributed by atoms with Crippen LogP contribution >= 0.6 is 15.9 Å². The molecule has 0 spiro atoms. The molecule has 0 amide bonds. The second-order valence-corrected chi connectivity index (χ2v) is 7.50. The third-order valence-electron chi connectivity index (χ3n) is 3.34. The van der Waals surface area contributed by atoms with E-state index in [1.807, 2.05) is 6.92 Å². The molecule has 2 rings (SSSR count). The number of carbonyl (C=O) groups is 1. The number of rotatable bonds is 5. The van der Waals surface area contributed by atoms with E-state index in [0.717, 1.165) is 0 Å². The summed E-state index contributed by atoms with van der Waals surface area (Å²) in [6.07, 6.45) is 0.340. The lowest BCUT2D eigenvalue weighted by Crippen LogP contribution is -2.30. The molecule has 1 saturated heterocycles. The number of aliphatic carboxylic acids is 1. The third-order valence-corrected chi connectivity index (χ3v) is 5.82. The lowest BCUT2D eigenvalue weighted by atomic mass is 10.1. The molecule has 0 bridgehead atoms. The maximum atomic E-state index is 12.5. The number of hydrogen-bond donors (Lipinski definition) is 1. The molecule has 1 aliphatic rings. The van der Waals surface area contributed by atoms with Crippen LogP contribution in [0.15, 0.2) is 27.6 Å². The number of benzene rings is 1. The molecule has 0 aromatic heterocycles. The summed E-state index contributed by atoms with van der Waals surface area (Å²) in [5.41, 5.74) is 0. The van der Waals surface area contributed by atoms with E-state index in [2.05, 4.69) is 15.9 Å². The fourth-order valence-corrected chi connectivity index (χ4v) is 4.38. The molecule has 0 saturated carbocycles. The molecular formula is C13H16BrNO5S. The summed E-state index contributed by atoms with van der Waals surface area (Å²) in [5.74, 6) is -1.02. The van der Waals surface area contributed by atoms with Gasteiger partial charge in [0.1, 0.15) is 5.75 Å². The number of ether oxygens (including phenoxy) is 1. The van der Waals surface area contributed by atoms with Crippen molar-refractivity contribution in [2.45, 2.75) is 18.2 Å². The van der Waals surface area contributed by atoms with Gasteiger partial charge in [0, 0.05) is 13.1 Å². The first-order valence-corrected chi connectivity index (χ1v) is 8.75. The van der Waals surface area contributed by atoms with Gasteiger partial charge in [-0.1, -0.05) is 0 Å². The smallest absolute Gasteiger partial charge is 0.307 e. The van der Waals surface area contributed by atoms with Crippen molar-refractivity contribution in [3.63, 3.8) is 0 Å². The number of carboxylic acids is 1. The minimum absolute atomic E-state index is 0.0164. The van der Waals surface area contributed by atoms with Gasteiger partial charge in [-0.3, -0.25) is 4.79 Å². The Hall–Kier alpha value is -1.12. The molecule has 1 aliphatic heterocycles. The first-order chi connectivity index (χ1) is 9.86. The van der Waals surface area contributed by atoms with Crippen molar-refractivity contribution in [1.29, 1.82) is 0 Å². The highest BCUT2D eigenvalue weighted by molar-refractivity contribution is 9.10. The molecule has 8 heteroatoms. The monoisotopic (exact) mass is 377 g/mol. The van der Waals surface area contributed by atoms with E-state index in [9.17, 15) is 13.2 Å². The van der Waals surface area contributed by atoms with Gasteiger partial charge in [-0.2, -0.15) is 4.31 Å². The van der Waals surface area contributed by atoms with Crippen LogP contribution in [0.2, 0.25) is 0 Å². The van der Waals surface area contributed by atoms with Gasteiger partial charge >= 0.3 is 5.97 Å². The Kier molecular flexibility index (Phi) is 4.90. The number of hydrogen-bond acceptors (Lipinski definition) is 4. The molecule has 1 N–H and O–H groups in total. The Balaban J connectivity index is 2.24. The Morgan fingerprint density at radius 1 is 1.52 bits per heavy atom. The predicted molar refractivity (Wildman–Crippen MR) is 79.8 cm³/mol. The maximum absolute atomic E-state index is 12.5. The zero-order valence-electron chi connectivity index (χ0n) is 11.5. The second kappa shape index (κ2) is 6.33. The summed E-state index contributed by atoms with van der Waals surface area (Å²) in [4.78, 5) is 11.1. The standard InChI is InChI=1S/C13H16BrNO5S/c1-2-20-12-4-3-10(7-11(12)14)21(18,19)15-6-5-9(8-15)13(16)17/h3-4,7,9H,2,5-6,8H2,1H3,(H,16,17). The van der Waals surface area contributed by atoms with Crippen molar-refractivity contribution in [3.8, 4) is 5.75 Å². The topological polar surface area (TPSA) is 83.9 Å². The highest BCUT2D eigenvalue weighted by Gasteiger charge is 2.35. The zero-order chi connectivity index (χ0) is 15.6. The van der Waals surface area contributed by atoms with Gasteiger partial charge in [-0.15, -0.1) is 0 Å². The molecule has 1 aromatic carbocycles. The number of nitrogens with zero attached hydrogens (tertiary/aromatic N) is 1. The van der Waals surface area contributed by atoms with Crippen molar-refractivity contribution in [2.24, 2.45) is 5.92 Å². The van der Waals surface area contributed by atoms with Crippen molar-refractivity contribution in [1.82, 2.24) is 4.31 Å². The second-order valence-electron chi connectivity index (χ2n) is 4.71. The molecule has 21 heavy (non-hydrogen) atoms. The zero-order valence-corrected chi connectivity index (χ0v) is 13.9. The van der Waals surface area contributed by atoms with Crippen molar-refractivity contribution in [3.05, 3.63) is 22.7 Å². The fourth-order valence-electron chi connectivity index (χ4n) is 2.21. The fraction of sp³-hybridized carbons (Fsp3) is 0.462. The van der Waals surface area contributed by atoms with Crippen molar-refractivity contribution < 1.29 is 23.1 Å². The highest BCUT2D eigenvalue weighted by Crippen LogP contribution is 2.31. The number of carboxylic acid groups (broad SMARTS) is 1. The van der Waals surface area contributed by atoms with Crippen LogP contribution in [0.3, 0.4) is 0 Å². The molecule has 116 valence electrons. The first kappa shape index (κ1) is 16.3. The lowest BCUT2D eigenvalue weighted by molar-refractivity contribution is -0.141. The van der Waals surface area contributed by atoms with Crippen LogP contribution in [0.1, 0.15) is 13.3 Å². The van der Waals surface area contributed by atoms with E-state index in [-0.39, 0.29) is 18.0 Å². The Bertz CT molecular complexity index is 646. The van der Waals surface area contributed by atoms with E-state index in [0.29, 0.717) is 23.2 Å². The minimum Gasteiger partial charge on any atom is -0.493 e. The predicted octanol–water partition coefficient (Wildman–Crippen LogP) is 1.94. The van der Waals surface area contributed by atoms with Crippen molar-refractivity contribution >= 4 is 31.9 Å². The Morgan fingerprint density at radius 2 is 2.24 bits per heavy atom. The summed E-state index contributed by atoms with van der Waals surface area (Å²) < 4.78 is 32.1. The van der Waals surface area contributed by atoms with E-state index in [1.165, 1.54) is 16.4 Å². The lowest BCUT2D eigenvalue weighted by Gasteiger charge is -2.16. The number of sulfonamides is 1. The quantitative estimate of drug-likeness (QED) is 0.847. The highest BCUT2D eigenvalue weighted by atomic mass is 79.9. The third kappa shape index (κ3) is 3.38. The molecule has 6 nitrogen and oxygen atoms in total. The van der Waals surface area contributed by atoms with Crippen molar-refractivity contribution in [2.75, 3.05) is 19.7 Å². The molecule has 1 fully saturated rings. The van der Waals surface area contributed by atoms with Crippen LogP contribution in [0.5, 0.6) is 5.75 Å². The van der Waals surface area contributed by atoms with Crippen LogP contribution in [-0.2, 0) is 14.8 Å². The van der Waals surface area contributed by atoms with Gasteiger partial charge in [-0.25, -0.2) is 8.42 Å². The molecule has 1 unspecified atom stereocenters. The molecule has 0 radical (unpaired) electrons. The molecular weight excluding hydrogens is 362 g/mol. The van der Waals surface area contributed by atoms with Gasteiger partial charge < -0.3 is 9.84 Å². The molecule has 1 aromatic rings. The summed E-state index contributed by atoms with van der Waals surface area (Å²) >= 11 is 3.28. The summed E-state index contributed by atoms with van der Waals surface area (Å²) in [6.45, 7) is 2.57. The summed E-state index contributed by atoms with van der Waals surface area (Å²) in [6, 6.07) is 4.54. The average molecular weight is 378 g/mol. The van der Waals surface area contributed by atoms with Crippen LogP contribution in [0.4, 0.5) is 0 Å². The first-order valence-electron chi connectivity index (χ1n) is 6.51. The van der Waals surface area contributed by atoms with Crippen LogP contribution in [0.25, 0.3) is 0 Å². The molecule has 0 aliphatic carbocycles. The SMILES string of the molecule is CCOc1ccc(S(=O)(=O)N2CCC(C(=O)O)C2)cc1Br. The minimum atomic E-state index is -3.67. The van der Waals surface area contributed by atoms with Crippen LogP contribution in [0, 0.1) is 5.92 Å². The van der Waals surface area contributed by atoms with Crippen LogP contribution in [-0.4, -0.2) is 43.5 Å². The van der Waals surface area contributed by atoms with Crippen LogP contribution < -0.4 is 4.74 Å². The summed E-state index contributed by atoms with van der Waals surface area (Å²) in [5, 5.41) is 8.96. The number of halogens is 1. The Labute approximate surface area is 131 Å². The summed E-state index contributed by atoms with van der Waals surface area (Å²) in [7, 11) is -3.67. The van der Waals surface area contributed by atoms with Gasteiger partial charge in [0.2, 0.25) is 10.0 Å². The normalized spacial score (nSPS) is 19.6. The maximum Gasteiger partial charge on any atom is 0.307 e. The molecule has 1 atom stereocenters. The van der Waals surface area contributed by atoms with E-state index >= 15 is 0 Å². The largest absolute Gasteiger partial charge is 0.493 e. The average Bonchev–Trinajstić information content (AvgIpc) is 2.91. The van der Waals surface area contributed by atoms with Gasteiger partial charge in [0.25, 0.3) is 0 Å². The van der Waals surface area contributed by atoms with Gasteiger partial charge in [0.05, 0.1) is 21.9 Å². The van der Waals surface area contributed by atoms with Gasteiger partial charge in [-0.05, 0) is 47.5 Å². The molecule has 1 heterocycles. The Morgan fingerprint density at radius 3 is 2.76 bits per heavy atom. The van der Waals surface area contributed by atoms with E-state index in [1.54, 1.807) is 6.07 Å². The van der Waals surface area contributed by atoms with E-state index in [4.69, 9.17) is 9.84 Å².